The number of hydrogen-bond acceptors (Lipinski definition) is 4. The number of carbonyl (C=O) groups excluding carboxylic acids is 1. The minimum Gasteiger partial charge on any atom is -0.288 e. The molecule has 7 heteroatoms. The molecule has 0 unspecified atom stereocenters. The number of anilines is 1. The molecule has 0 aliphatic carbocycles. The SMILES string of the molecule is O=C(/C=C/c1cccc(Br)c1)Nc1nn[nH]n1. The smallest absolute Gasteiger partial charge is 0.270 e. The lowest BCUT2D eigenvalue weighted by Crippen LogP contribution is -2.09. The molecule has 0 aliphatic rings. The number of rotatable bonds is 3. The van der Waals surface area contributed by atoms with Crippen molar-refractivity contribution in [1.29, 1.82) is 0 Å². The lowest BCUT2D eigenvalue weighted by molar-refractivity contribution is -0.111. The molecule has 0 bridgehead atoms. The zero-order chi connectivity index (χ0) is 12.1. The summed E-state index contributed by atoms with van der Waals surface area (Å²) < 4.78 is 0.957. The Bertz CT molecular complexity index is 537. The fraction of sp³-hybridized carbons (Fsp3) is 0. The van der Waals surface area contributed by atoms with Gasteiger partial charge >= 0.3 is 0 Å². The van der Waals surface area contributed by atoms with E-state index in [1.54, 1.807) is 6.08 Å². The van der Waals surface area contributed by atoms with E-state index >= 15 is 0 Å². The van der Waals surface area contributed by atoms with Crippen molar-refractivity contribution in [1.82, 2.24) is 20.6 Å². The summed E-state index contributed by atoms with van der Waals surface area (Å²) in [6.45, 7) is 0. The van der Waals surface area contributed by atoms with Crippen LogP contribution < -0.4 is 5.32 Å². The van der Waals surface area contributed by atoms with Gasteiger partial charge in [-0.05, 0) is 29.0 Å². The first-order chi connectivity index (χ1) is 8.24. The number of nitrogens with zero attached hydrogens (tertiary/aromatic N) is 3. The van der Waals surface area contributed by atoms with Crippen LogP contribution in [-0.2, 0) is 4.79 Å². The quantitative estimate of drug-likeness (QED) is 0.842. The second kappa shape index (κ2) is 5.35. The van der Waals surface area contributed by atoms with Crippen molar-refractivity contribution in [3.63, 3.8) is 0 Å². The first-order valence-corrected chi connectivity index (χ1v) is 5.51. The Morgan fingerprint density at radius 3 is 3.06 bits per heavy atom. The first kappa shape index (κ1) is 11.5. The zero-order valence-corrected chi connectivity index (χ0v) is 10.2. The first-order valence-electron chi connectivity index (χ1n) is 4.72. The summed E-state index contributed by atoms with van der Waals surface area (Å²) in [6.07, 6.45) is 3.10. The topological polar surface area (TPSA) is 83.6 Å². The molecular weight excluding hydrogens is 286 g/mol. The van der Waals surface area contributed by atoms with Crippen molar-refractivity contribution in [3.05, 3.63) is 40.4 Å². The monoisotopic (exact) mass is 293 g/mol. The largest absolute Gasteiger partial charge is 0.288 e. The molecule has 1 amide bonds. The highest BCUT2D eigenvalue weighted by atomic mass is 79.9. The molecule has 0 saturated heterocycles. The fourth-order valence-electron chi connectivity index (χ4n) is 1.15. The van der Waals surface area contributed by atoms with E-state index in [-0.39, 0.29) is 11.9 Å². The van der Waals surface area contributed by atoms with Gasteiger partial charge in [0, 0.05) is 10.5 Å². The molecule has 2 aromatic rings. The van der Waals surface area contributed by atoms with Crippen LogP contribution in [0.1, 0.15) is 5.56 Å². The number of amides is 1. The Morgan fingerprint density at radius 1 is 1.47 bits per heavy atom. The standard InChI is InChI=1S/C10H8BrN5O/c11-8-3-1-2-7(6-8)4-5-9(17)12-10-13-15-16-14-10/h1-6H,(H2,12,13,14,15,16,17)/b5-4+. The van der Waals surface area contributed by atoms with Gasteiger partial charge in [-0.25, -0.2) is 0 Å². The van der Waals surface area contributed by atoms with E-state index in [9.17, 15) is 4.79 Å². The lowest BCUT2D eigenvalue weighted by Gasteiger charge is -1.95. The maximum Gasteiger partial charge on any atom is 0.270 e. The Morgan fingerprint density at radius 2 is 2.35 bits per heavy atom. The average molecular weight is 294 g/mol. The molecule has 0 aliphatic heterocycles. The maximum atomic E-state index is 11.4. The highest BCUT2D eigenvalue weighted by Gasteiger charge is 2.00. The van der Waals surface area contributed by atoms with Crippen LogP contribution in [0.15, 0.2) is 34.8 Å². The summed E-state index contributed by atoms with van der Waals surface area (Å²) >= 11 is 3.35. The van der Waals surface area contributed by atoms with Crippen molar-refractivity contribution in [2.75, 3.05) is 5.32 Å². The van der Waals surface area contributed by atoms with Gasteiger partial charge in [0.1, 0.15) is 0 Å². The molecule has 6 nitrogen and oxygen atoms in total. The predicted octanol–water partition coefficient (Wildman–Crippen LogP) is 1.61. The van der Waals surface area contributed by atoms with Crippen LogP contribution >= 0.6 is 15.9 Å². The molecule has 0 atom stereocenters. The van der Waals surface area contributed by atoms with Crippen molar-refractivity contribution in [2.45, 2.75) is 0 Å². The molecule has 0 saturated carbocycles. The molecule has 0 spiro atoms. The van der Waals surface area contributed by atoms with Crippen LogP contribution in [0.4, 0.5) is 5.95 Å². The summed E-state index contributed by atoms with van der Waals surface area (Å²) in [5, 5.41) is 15.2. The molecule has 1 aromatic carbocycles. The fourth-order valence-corrected chi connectivity index (χ4v) is 1.57. The minimum absolute atomic E-state index is 0.147. The van der Waals surface area contributed by atoms with E-state index in [4.69, 9.17) is 0 Å². The van der Waals surface area contributed by atoms with E-state index < -0.39 is 0 Å². The number of nitrogens with one attached hydrogen (secondary N) is 2. The van der Waals surface area contributed by atoms with Gasteiger partial charge < -0.3 is 0 Å². The third-order valence-electron chi connectivity index (χ3n) is 1.86. The van der Waals surface area contributed by atoms with E-state index in [2.05, 4.69) is 41.9 Å². The maximum absolute atomic E-state index is 11.4. The lowest BCUT2D eigenvalue weighted by atomic mass is 10.2. The van der Waals surface area contributed by atoms with E-state index in [1.165, 1.54) is 6.08 Å². The van der Waals surface area contributed by atoms with Gasteiger partial charge in [0.15, 0.2) is 0 Å². The van der Waals surface area contributed by atoms with Crippen LogP contribution in [0.25, 0.3) is 6.08 Å². The van der Waals surface area contributed by atoms with E-state index in [1.807, 2.05) is 24.3 Å². The molecule has 0 fully saturated rings. The van der Waals surface area contributed by atoms with Crippen LogP contribution in [-0.4, -0.2) is 26.5 Å². The Kier molecular flexibility index (Phi) is 3.61. The Hall–Kier alpha value is -2.02. The second-order valence-electron chi connectivity index (χ2n) is 3.11. The summed E-state index contributed by atoms with van der Waals surface area (Å²) in [5.41, 5.74) is 0.919. The normalized spacial score (nSPS) is 10.6. The number of hydrogen-bond donors (Lipinski definition) is 2. The number of H-pyrrole nitrogens is 1. The molecule has 86 valence electrons. The van der Waals surface area contributed by atoms with Crippen LogP contribution in [0, 0.1) is 0 Å². The summed E-state index contributed by atoms with van der Waals surface area (Å²) in [4.78, 5) is 11.4. The average Bonchev–Trinajstić information content (AvgIpc) is 2.79. The molecule has 0 radical (unpaired) electrons. The van der Waals surface area contributed by atoms with Crippen molar-refractivity contribution in [2.24, 2.45) is 0 Å². The molecule has 2 N–H and O–H groups in total. The third-order valence-corrected chi connectivity index (χ3v) is 2.35. The van der Waals surface area contributed by atoms with Gasteiger partial charge in [0.2, 0.25) is 0 Å². The number of tetrazole rings is 1. The number of aromatic nitrogens is 4. The van der Waals surface area contributed by atoms with Crippen molar-refractivity contribution in [3.8, 4) is 0 Å². The van der Waals surface area contributed by atoms with Gasteiger partial charge in [-0.2, -0.15) is 5.21 Å². The Labute approximate surface area is 105 Å². The molecule has 17 heavy (non-hydrogen) atoms. The summed E-state index contributed by atoms with van der Waals surface area (Å²) in [6, 6.07) is 7.60. The van der Waals surface area contributed by atoms with E-state index in [0.717, 1.165) is 10.0 Å². The van der Waals surface area contributed by atoms with Crippen molar-refractivity contribution < 1.29 is 4.79 Å². The molecule has 1 heterocycles. The predicted molar refractivity (Wildman–Crippen MR) is 66.0 cm³/mol. The van der Waals surface area contributed by atoms with Crippen LogP contribution in [0.2, 0.25) is 0 Å². The molecule has 2 rings (SSSR count). The number of carbonyl (C=O) groups is 1. The number of benzene rings is 1. The minimum atomic E-state index is -0.314. The van der Waals surface area contributed by atoms with Gasteiger partial charge in [-0.3, -0.25) is 10.1 Å². The highest BCUT2D eigenvalue weighted by molar-refractivity contribution is 9.10. The Balaban J connectivity index is 1.99. The van der Waals surface area contributed by atoms with Crippen molar-refractivity contribution >= 4 is 33.9 Å². The number of aromatic amines is 1. The third kappa shape index (κ3) is 3.49. The van der Waals surface area contributed by atoms with Crippen LogP contribution in [0.3, 0.4) is 0 Å². The van der Waals surface area contributed by atoms with E-state index in [0.29, 0.717) is 0 Å². The second-order valence-corrected chi connectivity index (χ2v) is 4.03. The molecule has 1 aromatic heterocycles. The van der Waals surface area contributed by atoms with Gasteiger partial charge in [-0.1, -0.05) is 33.2 Å². The summed E-state index contributed by atoms with van der Waals surface area (Å²) in [5.74, 6) is -0.166. The zero-order valence-electron chi connectivity index (χ0n) is 8.59. The van der Waals surface area contributed by atoms with Gasteiger partial charge in [0.05, 0.1) is 0 Å². The summed E-state index contributed by atoms with van der Waals surface area (Å²) in [7, 11) is 0. The molecular formula is C10H8BrN5O. The van der Waals surface area contributed by atoms with Crippen LogP contribution in [0.5, 0.6) is 0 Å². The highest BCUT2D eigenvalue weighted by Crippen LogP contribution is 2.12. The number of halogens is 1. The van der Waals surface area contributed by atoms with Gasteiger partial charge in [-0.15, -0.1) is 5.10 Å². The van der Waals surface area contributed by atoms with Gasteiger partial charge in [0.25, 0.3) is 11.9 Å².